The van der Waals surface area contributed by atoms with Crippen molar-refractivity contribution >= 4 is 50.1 Å². The van der Waals surface area contributed by atoms with Gasteiger partial charge >= 0.3 is 12.0 Å². The molecule has 1 aromatic heterocycles. The lowest BCUT2D eigenvalue weighted by Gasteiger charge is -2.07. The van der Waals surface area contributed by atoms with E-state index in [-0.39, 0.29) is 17.0 Å². The highest BCUT2D eigenvalue weighted by Gasteiger charge is 2.12. The highest BCUT2D eigenvalue weighted by Crippen LogP contribution is 2.24. The molecule has 1 heterocycles. The zero-order chi connectivity index (χ0) is 14.7. The minimum absolute atomic E-state index is 0.244. The molecule has 0 unspecified atom stereocenters. The molecular weight excluding hydrogens is 350 g/mol. The average Bonchev–Trinajstić information content (AvgIpc) is 2.76. The predicted molar refractivity (Wildman–Crippen MR) is 77.5 cm³/mol. The van der Waals surface area contributed by atoms with Crippen LogP contribution in [0, 0.1) is 0 Å². The number of carbonyl (C=O) groups is 2. The first-order valence-corrected chi connectivity index (χ1v) is 6.82. The van der Waals surface area contributed by atoms with Gasteiger partial charge in [0, 0.05) is 5.69 Å². The number of halogens is 1. The van der Waals surface area contributed by atoms with Crippen LogP contribution in [0.4, 0.5) is 15.6 Å². The summed E-state index contributed by atoms with van der Waals surface area (Å²) >= 11 is 4.45. The zero-order valence-electron chi connectivity index (χ0n) is 9.75. The van der Waals surface area contributed by atoms with Gasteiger partial charge in [0.25, 0.3) is 0 Å². The largest absolute Gasteiger partial charge is 0.507 e. The summed E-state index contributed by atoms with van der Waals surface area (Å²) in [6.07, 6.45) is 1.55. The molecule has 104 valence electrons. The van der Waals surface area contributed by atoms with Crippen molar-refractivity contribution in [2.75, 3.05) is 10.6 Å². The van der Waals surface area contributed by atoms with Crippen LogP contribution in [0.3, 0.4) is 0 Å². The van der Waals surface area contributed by atoms with Gasteiger partial charge in [-0.05, 0) is 34.1 Å². The van der Waals surface area contributed by atoms with E-state index in [1.54, 1.807) is 6.20 Å². The fourth-order valence-electron chi connectivity index (χ4n) is 1.36. The Labute approximate surface area is 125 Å². The van der Waals surface area contributed by atoms with E-state index in [1.807, 2.05) is 0 Å². The number of carboxylic acids is 1. The average molecular weight is 358 g/mol. The molecule has 0 aliphatic rings. The Morgan fingerprint density at radius 3 is 2.65 bits per heavy atom. The monoisotopic (exact) mass is 357 g/mol. The van der Waals surface area contributed by atoms with Gasteiger partial charge in [0.05, 0.1) is 9.98 Å². The molecule has 0 spiro atoms. The number of benzene rings is 1. The van der Waals surface area contributed by atoms with Crippen molar-refractivity contribution in [2.45, 2.75) is 0 Å². The first kappa shape index (κ1) is 14.3. The summed E-state index contributed by atoms with van der Waals surface area (Å²) in [6, 6.07) is 3.18. The van der Waals surface area contributed by atoms with Crippen LogP contribution in [0.2, 0.25) is 0 Å². The number of urea groups is 1. The van der Waals surface area contributed by atoms with Crippen LogP contribution < -0.4 is 10.6 Å². The molecule has 2 aromatic rings. The van der Waals surface area contributed by atoms with Crippen LogP contribution >= 0.6 is 27.3 Å². The van der Waals surface area contributed by atoms with E-state index in [9.17, 15) is 14.7 Å². The van der Waals surface area contributed by atoms with Gasteiger partial charge in [-0.1, -0.05) is 11.3 Å². The molecule has 0 saturated carbocycles. The number of hydrogen-bond donors (Lipinski definition) is 4. The van der Waals surface area contributed by atoms with Crippen molar-refractivity contribution in [1.82, 2.24) is 4.98 Å². The van der Waals surface area contributed by atoms with Crippen molar-refractivity contribution in [1.29, 1.82) is 0 Å². The predicted octanol–water partition coefficient (Wildman–Crippen LogP) is 2.95. The van der Waals surface area contributed by atoms with E-state index < -0.39 is 12.0 Å². The molecule has 1 aromatic carbocycles. The molecule has 0 radical (unpaired) electrons. The van der Waals surface area contributed by atoms with Crippen LogP contribution in [-0.2, 0) is 0 Å². The molecular formula is C11H8BrN3O4S. The van der Waals surface area contributed by atoms with Crippen LogP contribution in [0.15, 0.2) is 28.2 Å². The Morgan fingerprint density at radius 2 is 2.05 bits per heavy atom. The number of phenols is 1. The number of amides is 2. The van der Waals surface area contributed by atoms with Gasteiger partial charge in [0.1, 0.15) is 11.3 Å². The summed E-state index contributed by atoms with van der Waals surface area (Å²) in [4.78, 5) is 26.5. The van der Waals surface area contributed by atoms with Crippen molar-refractivity contribution in [3.05, 3.63) is 33.7 Å². The summed E-state index contributed by atoms with van der Waals surface area (Å²) in [5.41, 5.74) is -0.0480. The Balaban J connectivity index is 2.08. The van der Waals surface area contributed by atoms with Gasteiger partial charge < -0.3 is 15.5 Å². The number of hydrogen-bond acceptors (Lipinski definition) is 5. The summed E-state index contributed by atoms with van der Waals surface area (Å²) in [7, 11) is 0. The lowest BCUT2D eigenvalue weighted by Crippen LogP contribution is -2.19. The van der Waals surface area contributed by atoms with E-state index in [0.29, 0.717) is 5.13 Å². The second-order valence-electron chi connectivity index (χ2n) is 3.59. The number of carboxylic acid groups (broad SMARTS) is 1. The molecule has 0 aliphatic heterocycles. The first-order chi connectivity index (χ1) is 9.45. The van der Waals surface area contributed by atoms with E-state index in [1.165, 1.54) is 23.5 Å². The smallest absolute Gasteiger partial charge is 0.339 e. The van der Waals surface area contributed by atoms with Crippen molar-refractivity contribution in [3.63, 3.8) is 0 Å². The first-order valence-electron chi connectivity index (χ1n) is 5.21. The van der Waals surface area contributed by atoms with Crippen LogP contribution in [-0.4, -0.2) is 27.2 Å². The molecule has 2 amide bonds. The lowest BCUT2D eigenvalue weighted by molar-refractivity contribution is 0.0693. The molecule has 9 heteroatoms. The number of aromatic carboxylic acids is 1. The third kappa shape index (κ3) is 3.45. The SMILES string of the molecule is O=C(Nc1ccc(O)c(C(=O)O)c1)Nc1ncc(Br)s1. The van der Waals surface area contributed by atoms with Gasteiger partial charge in [-0.2, -0.15) is 0 Å². The van der Waals surface area contributed by atoms with Crippen molar-refractivity contribution in [2.24, 2.45) is 0 Å². The summed E-state index contributed by atoms with van der Waals surface area (Å²) in [5, 5.41) is 23.6. The van der Waals surface area contributed by atoms with Crippen molar-refractivity contribution in [3.8, 4) is 5.75 Å². The maximum Gasteiger partial charge on any atom is 0.339 e. The summed E-state index contributed by atoms with van der Waals surface area (Å²) < 4.78 is 0.769. The number of carbonyl (C=O) groups excluding carboxylic acids is 1. The van der Waals surface area contributed by atoms with Gasteiger partial charge in [-0.3, -0.25) is 5.32 Å². The van der Waals surface area contributed by atoms with Gasteiger partial charge in [-0.25, -0.2) is 14.6 Å². The number of thiazole rings is 1. The molecule has 0 fully saturated rings. The van der Waals surface area contributed by atoms with Gasteiger partial charge in [-0.15, -0.1) is 0 Å². The molecule has 20 heavy (non-hydrogen) atoms. The van der Waals surface area contributed by atoms with Gasteiger partial charge in [0.2, 0.25) is 0 Å². The minimum atomic E-state index is -1.28. The van der Waals surface area contributed by atoms with Gasteiger partial charge in [0.15, 0.2) is 5.13 Å². The number of anilines is 2. The molecule has 2 rings (SSSR count). The molecule has 4 N–H and O–H groups in total. The standard InChI is InChI=1S/C11H8BrN3O4S/c12-8-4-13-11(20-8)15-10(19)14-5-1-2-7(16)6(3-5)9(17)18/h1-4,16H,(H,17,18)(H2,13,14,15,19). The van der Waals surface area contributed by atoms with Crippen LogP contribution in [0.5, 0.6) is 5.75 Å². The lowest BCUT2D eigenvalue weighted by atomic mass is 10.2. The molecule has 0 bridgehead atoms. The Kier molecular flexibility index (Phi) is 4.20. The molecule has 7 nitrogen and oxygen atoms in total. The number of nitrogens with one attached hydrogen (secondary N) is 2. The quantitative estimate of drug-likeness (QED) is 0.631. The maximum absolute atomic E-state index is 11.7. The van der Waals surface area contributed by atoms with E-state index in [4.69, 9.17) is 5.11 Å². The highest BCUT2D eigenvalue weighted by atomic mass is 79.9. The topological polar surface area (TPSA) is 112 Å². The Morgan fingerprint density at radius 1 is 1.30 bits per heavy atom. The third-order valence-electron chi connectivity index (χ3n) is 2.18. The number of aromatic hydroxyl groups is 1. The fourth-order valence-corrected chi connectivity index (χ4v) is 2.46. The molecule has 0 atom stereocenters. The number of aromatic nitrogens is 1. The van der Waals surface area contributed by atoms with Crippen LogP contribution in [0.25, 0.3) is 0 Å². The number of rotatable bonds is 3. The summed E-state index contributed by atoms with van der Waals surface area (Å²) in [6.45, 7) is 0. The Bertz CT molecular complexity index is 673. The summed E-state index contributed by atoms with van der Waals surface area (Å²) in [5.74, 6) is -1.65. The Hall–Kier alpha value is -2.13. The van der Waals surface area contributed by atoms with E-state index >= 15 is 0 Å². The zero-order valence-corrected chi connectivity index (χ0v) is 12.2. The van der Waals surface area contributed by atoms with E-state index in [2.05, 4.69) is 31.5 Å². The normalized spacial score (nSPS) is 10.1. The number of nitrogens with zero attached hydrogens (tertiary/aromatic N) is 1. The second kappa shape index (κ2) is 5.88. The molecule has 0 aliphatic carbocycles. The molecule has 0 saturated heterocycles. The van der Waals surface area contributed by atoms with Crippen LogP contribution in [0.1, 0.15) is 10.4 Å². The van der Waals surface area contributed by atoms with E-state index in [0.717, 1.165) is 9.85 Å². The second-order valence-corrected chi connectivity index (χ2v) is 6.00. The highest BCUT2D eigenvalue weighted by molar-refractivity contribution is 9.11. The van der Waals surface area contributed by atoms with Crippen molar-refractivity contribution < 1.29 is 19.8 Å². The minimum Gasteiger partial charge on any atom is -0.507 e. The maximum atomic E-state index is 11.7. The fraction of sp³-hybridized carbons (Fsp3) is 0. The third-order valence-corrected chi connectivity index (χ3v) is 3.57.